The van der Waals surface area contributed by atoms with Crippen LogP contribution in [0.15, 0.2) is 69.8 Å². The Labute approximate surface area is 239 Å². The maximum Gasteiger partial charge on any atom is 0.315 e. The van der Waals surface area contributed by atoms with Gasteiger partial charge in [-0.2, -0.15) is 4.98 Å². The Morgan fingerprint density at radius 2 is 1.85 bits per heavy atom. The van der Waals surface area contributed by atoms with Crippen LogP contribution in [0, 0.1) is 16.0 Å². The van der Waals surface area contributed by atoms with Crippen molar-refractivity contribution in [2.75, 3.05) is 26.9 Å². The molecule has 216 valence electrons. The van der Waals surface area contributed by atoms with E-state index in [-0.39, 0.29) is 24.8 Å². The van der Waals surface area contributed by atoms with Crippen LogP contribution in [0.5, 0.6) is 0 Å². The van der Waals surface area contributed by atoms with Crippen molar-refractivity contribution in [3.05, 3.63) is 93.3 Å². The normalized spacial score (nSPS) is 17.0. The van der Waals surface area contributed by atoms with Gasteiger partial charge in [0.25, 0.3) is 11.6 Å². The van der Waals surface area contributed by atoms with E-state index >= 15 is 0 Å². The zero-order chi connectivity index (χ0) is 29.4. The monoisotopic (exact) mass is 561 g/mol. The van der Waals surface area contributed by atoms with Gasteiger partial charge < -0.3 is 14.0 Å². The zero-order valence-electron chi connectivity index (χ0n) is 23.8. The summed E-state index contributed by atoms with van der Waals surface area (Å²) in [6.07, 6.45) is 0.860. The first-order chi connectivity index (χ1) is 19.8. The molecular weight excluding hydrogens is 526 g/mol. The van der Waals surface area contributed by atoms with Crippen LogP contribution in [0.3, 0.4) is 0 Å². The van der Waals surface area contributed by atoms with Crippen LogP contribution in [0.25, 0.3) is 5.57 Å². The molecule has 0 bridgehead atoms. The van der Waals surface area contributed by atoms with Crippen molar-refractivity contribution >= 4 is 22.9 Å². The summed E-state index contributed by atoms with van der Waals surface area (Å²) in [4.78, 5) is 36.0. The maximum atomic E-state index is 13.5. The molecule has 4 rings (SSSR count). The average Bonchev–Trinajstić information content (AvgIpc) is 3.40. The highest BCUT2D eigenvalue weighted by molar-refractivity contribution is 6.06. The molecule has 0 saturated carbocycles. The Morgan fingerprint density at radius 3 is 2.59 bits per heavy atom. The fourth-order valence-corrected chi connectivity index (χ4v) is 4.97. The minimum absolute atomic E-state index is 0.0841. The Balaban J connectivity index is 1.65. The van der Waals surface area contributed by atoms with Gasteiger partial charge in [-0.15, -0.1) is 0 Å². The van der Waals surface area contributed by atoms with Gasteiger partial charge >= 0.3 is 5.97 Å². The van der Waals surface area contributed by atoms with Crippen LogP contribution in [-0.2, 0) is 27.4 Å². The summed E-state index contributed by atoms with van der Waals surface area (Å²) in [6.45, 7) is 7.61. The molecule has 0 spiro atoms. The lowest BCUT2D eigenvalue weighted by Gasteiger charge is -2.31. The number of hydrogen-bond acceptors (Lipinski definition) is 10. The van der Waals surface area contributed by atoms with E-state index in [4.69, 9.17) is 14.0 Å². The largest absolute Gasteiger partial charge is 0.463 e. The molecule has 1 aromatic heterocycles. The summed E-state index contributed by atoms with van der Waals surface area (Å²) in [5, 5.41) is 15.8. The quantitative estimate of drug-likeness (QED) is 0.120. The van der Waals surface area contributed by atoms with E-state index in [1.807, 2.05) is 44.3 Å². The lowest BCUT2D eigenvalue weighted by Crippen LogP contribution is -2.34. The first-order valence-electron chi connectivity index (χ1n) is 13.6. The summed E-state index contributed by atoms with van der Waals surface area (Å²) in [5.41, 5.74) is 3.26. The van der Waals surface area contributed by atoms with E-state index in [0.717, 1.165) is 12.0 Å². The maximum absolute atomic E-state index is 13.5. The van der Waals surface area contributed by atoms with Crippen molar-refractivity contribution in [1.29, 1.82) is 0 Å². The van der Waals surface area contributed by atoms with Gasteiger partial charge in [0.1, 0.15) is 12.5 Å². The smallest absolute Gasteiger partial charge is 0.315 e. The Kier molecular flexibility index (Phi) is 10.1. The van der Waals surface area contributed by atoms with Gasteiger partial charge in [-0.25, -0.2) is 0 Å². The number of nitro groups is 1. The van der Waals surface area contributed by atoms with Gasteiger partial charge in [-0.3, -0.25) is 24.8 Å². The Morgan fingerprint density at radius 1 is 1.07 bits per heavy atom. The predicted molar refractivity (Wildman–Crippen MR) is 153 cm³/mol. The highest BCUT2D eigenvalue weighted by atomic mass is 16.6. The summed E-state index contributed by atoms with van der Waals surface area (Å²) < 4.78 is 16.8. The SMILES string of the molecule is CCCOCCOC(=O)C1C(C)=NC(C)=C(c2nc(CN(C)Cc3ccccc3)no2)C1c1cccc([N+](=O)[O-])c1. The zero-order valence-corrected chi connectivity index (χ0v) is 23.8. The molecule has 1 aliphatic heterocycles. The van der Waals surface area contributed by atoms with Gasteiger partial charge in [0.2, 0.25) is 0 Å². The van der Waals surface area contributed by atoms with Crippen LogP contribution in [0.2, 0.25) is 0 Å². The minimum Gasteiger partial charge on any atom is -0.463 e. The molecular formula is C30H35N5O6. The number of ether oxygens (including phenoxy) is 2. The van der Waals surface area contributed by atoms with Gasteiger partial charge in [-0.05, 0) is 38.4 Å². The number of aromatic nitrogens is 2. The van der Waals surface area contributed by atoms with E-state index in [1.54, 1.807) is 26.0 Å². The highest BCUT2D eigenvalue weighted by Crippen LogP contribution is 2.44. The second kappa shape index (κ2) is 13.9. The number of esters is 1. The molecule has 11 heteroatoms. The number of non-ortho nitro benzene ring substituents is 1. The van der Waals surface area contributed by atoms with Crippen molar-refractivity contribution in [2.45, 2.75) is 46.2 Å². The van der Waals surface area contributed by atoms with Crippen LogP contribution in [0.1, 0.15) is 56.0 Å². The van der Waals surface area contributed by atoms with Crippen molar-refractivity contribution in [2.24, 2.45) is 10.9 Å². The number of rotatable bonds is 13. The van der Waals surface area contributed by atoms with Crippen molar-refractivity contribution in [3.8, 4) is 0 Å². The lowest BCUT2D eigenvalue weighted by molar-refractivity contribution is -0.384. The number of carbonyl (C=O) groups excluding carboxylic acids is 1. The molecule has 0 amide bonds. The fraction of sp³-hybridized carbons (Fsp3) is 0.400. The first kappa shape index (κ1) is 29.8. The van der Waals surface area contributed by atoms with Gasteiger partial charge in [0.05, 0.1) is 18.1 Å². The van der Waals surface area contributed by atoms with E-state index < -0.39 is 22.7 Å². The predicted octanol–water partition coefficient (Wildman–Crippen LogP) is 5.19. The number of carbonyl (C=O) groups is 1. The topological polar surface area (TPSA) is 133 Å². The van der Waals surface area contributed by atoms with Crippen molar-refractivity contribution < 1.29 is 23.7 Å². The molecule has 2 aromatic carbocycles. The van der Waals surface area contributed by atoms with Crippen LogP contribution >= 0.6 is 0 Å². The highest BCUT2D eigenvalue weighted by Gasteiger charge is 2.42. The number of nitro benzene ring substituents is 1. The third-order valence-corrected chi connectivity index (χ3v) is 6.75. The molecule has 41 heavy (non-hydrogen) atoms. The summed E-state index contributed by atoms with van der Waals surface area (Å²) in [7, 11) is 1.96. The number of allylic oxidation sites excluding steroid dienone is 2. The number of aliphatic imine (C=N–C) groups is 1. The van der Waals surface area contributed by atoms with Crippen LogP contribution in [-0.4, -0.2) is 58.5 Å². The second-order valence-electron chi connectivity index (χ2n) is 10.0. The minimum atomic E-state index is -0.849. The van der Waals surface area contributed by atoms with E-state index in [0.29, 0.717) is 48.1 Å². The molecule has 2 unspecified atom stereocenters. The van der Waals surface area contributed by atoms with Gasteiger partial charge in [0.15, 0.2) is 5.82 Å². The lowest BCUT2D eigenvalue weighted by atomic mass is 9.75. The molecule has 11 nitrogen and oxygen atoms in total. The third kappa shape index (κ3) is 7.50. The molecule has 0 saturated heterocycles. The molecule has 0 N–H and O–H groups in total. The van der Waals surface area contributed by atoms with Crippen LogP contribution in [0.4, 0.5) is 5.69 Å². The number of benzene rings is 2. The Bertz CT molecular complexity index is 1420. The molecule has 0 fully saturated rings. The van der Waals surface area contributed by atoms with E-state index in [2.05, 4.69) is 20.0 Å². The molecule has 3 aromatic rings. The standard InChI is InChI=1S/C30H35N5O6/c1-5-14-39-15-16-40-30(36)27-21(3)31-20(2)26(28(27)23-12-9-13-24(17-23)35(37)38)29-32-25(33-41-29)19-34(4)18-22-10-7-6-8-11-22/h6-13,17,27-28H,5,14-16,18-19H2,1-4H3. The fourth-order valence-electron chi connectivity index (χ4n) is 4.97. The summed E-state index contributed by atoms with van der Waals surface area (Å²) in [5.74, 6) is -1.36. The van der Waals surface area contributed by atoms with E-state index in [9.17, 15) is 14.9 Å². The van der Waals surface area contributed by atoms with Crippen molar-refractivity contribution in [3.63, 3.8) is 0 Å². The second-order valence-corrected chi connectivity index (χ2v) is 10.0. The number of nitrogens with zero attached hydrogens (tertiary/aromatic N) is 5. The molecule has 0 radical (unpaired) electrons. The molecule has 0 aliphatic carbocycles. The summed E-state index contributed by atoms with van der Waals surface area (Å²) >= 11 is 0. The Hall–Kier alpha value is -4.22. The van der Waals surface area contributed by atoms with Crippen molar-refractivity contribution in [1.82, 2.24) is 15.0 Å². The van der Waals surface area contributed by atoms with Gasteiger partial charge in [-0.1, -0.05) is 54.5 Å². The molecule has 2 atom stereocenters. The third-order valence-electron chi connectivity index (χ3n) is 6.75. The molecule has 1 aliphatic rings. The average molecular weight is 562 g/mol. The first-order valence-corrected chi connectivity index (χ1v) is 13.6. The molecule has 2 heterocycles. The van der Waals surface area contributed by atoms with E-state index in [1.165, 1.54) is 12.1 Å². The van der Waals surface area contributed by atoms with Crippen LogP contribution < -0.4 is 0 Å². The summed E-state index contributed by atoms with van der Waals surface area (Å²) in [6, 6.07) is 16.3. The van der Waals surface area contributed by atoms with Gasteiger partial charge in [0, 0.05) is 48.2 Å². The number of hydrogen-bond donors (Lipinski definition) is 0.